The van der Waals surface area contributed by atoms with Gasteiger partial charge in [-0.1, -0.05) is 0 Å². The minimum atomic E-state index is -4.72. The predicted molar refractivity (Wildman–Crippen MR) is 79.9 cm³/mol. The molecule has 0 spiro atoms. The van der Waals surface area contributed by atoms with Crippen molar-refractivity contribution in [3.63, 3.8) is 0 Å². The summed E-state index contributed by atoms with van der Waals surface area (Å²) in [7, 11) is 0. The second-order valence-electron chi connectivity index (χ2n) is 5.53. The fourth-order valence-electron chi connectivity index (χ4n) is 2.45. The van der Waals surface area contributed by atoms with Gasteiger partial charge < -0.3 is 10.1 Å². The average Bonchev–Trinajstić information content (AvgIpc) is 2.54. The molecule has 0 saturated heterocycles. The molecule has 1 aliphatic carbocycles. The molecule has 0 aromatic heterocycles. The molecule has 1 atom stereocenters. The molecule has 1 aromatic carbocycles. The summed E-state index contributed by atoms with van der Waals surface area (Å²) in [6.07, 6.45) is -3.31. The predicted octanol–water partition coefficient (Wildman–Crippen LogP) is 3.08. The van der Waals surface area contributed by atoms with Crippen molar-refractivity contribution in [2.75, 3.05) is 11.9 Å². The van der Waals surface area contributed by atoms with Crippen LogP contribution in [0.3, 0.4) is 0 Å². The van der Waals surface area contributed by atoms with Crippen molar-refractivity contribution in [1.29, 1.82) is 0 Å². The molecule has 0 heterocycles. The lowest BCUT2D eigenvalue weighted by Crippen LogP contribution is -2.32. The Kier molecular flexibility index (Phi) is 5.60. The molecular formula is C15H15F3N2O5. The number of ether oxygens (including phenoxy) is 1. The van der Waals surface area contributed by atoms with Crippen LogP contribution in [0.2, 0.25) is 0 Å². The van der Waals surface area contributed by atoms with Gasteiger partial charge in [0.2, 0.25) is 0 Å². The van der Waals surface area contributed by atoms with E-state index in [1.165, 1.54) is 0 Å². The summed E-state index contributed by atoms with van der Waals surface area (Å²) in [4.78, 5) is 33.3. The molecule has 7 nitrogen and oxygen atoms in total. The van der Waals surface area contributed by atoms with E-state index in [1.807, 2.05) is 0 Å². The number of Topliss-reactive ketones (excluding diaryl/α,β-unsaturated/α-hetero) is 1. The van der Waals surface area contributed by atoms with Gasteiger partial charge in [-0.05, 0) is 31.4 Å². The van der Waals surface area contributed by atoms with Crippen LogP contribution in [0.15, 0.2) is 18.2 Å². The molecule has 1 aliphatic rings. The molecule has 0 radical (unpaired) electrons. The van der Waals surface area contributed by atoms with Crippen LogP contribution in [0.5, 0.6) is 0 Å². The van der Waals surface area contributed by atoms with Gasteiger partial charge in [0.1, 0.15) is 12.2 Å². The van der Waals surface area contributed by atoms with E-state index in [-0.39, 0.29) is 11.5 Å². The Bertz CT molecular complexity index is 690. The number of carbonyl (C=O) groups excluding carboxylic acids is 2. The third-order valence-corrected chi connectivity index (χ3v) is 3.72. The molecule has 2 rings (SSSR count). The van der Waals surface area contributed by atoms with Gasteiger partial charge in [-0.3, -0.25) is 19.7 Å². The zero-order valence-electron chi connectivity index (χ0n) is 13.0. The van der Waals surface area contributed by atoms with Crippen LogP contribution < -0.4 is 5.32 Å². The fraction of sp³-hybridized carbons (Fsp3) is 0.467. The summed E-state index contributed by atoms with van der Waals surface area (Å²) in [6, 6.07) is 1.93. The number of hydrogen-bond donors (Lipinski definition) is 1. The number of alkyl halides is 3. The lowest BCUT2D eigenvalue weighted by Gasteiger charge is -2.20. The van der Waals surface area contributed by atoms with Crippen molar-refractivity contribution in [3.05, 3.63) is 33.9 Å². The van der Waals surface area contributed by atoms with Gasteiger partial charge in [0.25, 0.3) is 5.69 Å². The largest absolute Gasteiger partial charge is 0.453 e. The molecule has 10 heteroatoms. The Balaban J connectivity index is 2.03. The number of nitro benzene ring substituents is 1. The topological polar surface area (TPSA) is 98.5 Å². The Morgan fingerprint density at radius 3 is 2.68 bits per heavy atom. The number of ketones is 1. The van der Waals surface area contributed by atoms with Gasteiger partial charge in [-0.15, -0.1) is 0 Å². The van der Waals surface area contributed by atoms with Gasteiger partial charge in [0.15, 0.2) is 11.9 Å². The quantitative estimate of drug-likeness (QED) is 0.492. The third kappa shape index (κ3) is 4.91. The Hall–Kier alpha value is -2.65. The lowest BCUT2D eigenvalue weighted by molar-refractivity contribution is -0.384. The molecule has 0 amide bonds. The highest BCUT2D eigenvalue weighted by atomic mass is 19.4. The molecule has 136 valence electrons. The molecule has 1 aromatic rings. The van der Waals surface area contributed by atoms with Gasteiger partial charge in [-0.2, -0.15) is 13.2 Å². The molecule has 1 saturated carbocycles. The van der Waals surface area contributed by atoms with Crippen LogP contribution in [-0.4, -0.2) is 29.3 Å². The maximum absolute atomic E-state index is 12.6. The molecule has 0 aliphatic heterocycles. The summed E-state index contributed by atoms with van der Waals surface area (Å²) < 4.78 is 42.9. The third-order valence-electron chi connectivity index (χ3n) is 3.72. The van der Waals surface area contributed by atoms with E-state index in [0.29, 0.717) is 25.0 Å². The van der Waals surface area contributed by atoms with Gasteiger partial charge in [0.05, 0.1) is 10.5 Å². The van der Waals surface area contributed by atoms with E-state index < -0.39 is 41.0 Å². The minimum absolute atomic E-state index is 0.180. The standard InChI is InChI=1S/C15H15F3N2O5/c16-15(17,18)9-5-6-10(11(7-9)20(23)24)19-8-14(22)25-13-4-2-1-3-12(13)21/h5-7,13,19H,1-4,8H2/t13-/m1/s1. The van der Waals surface area contributed by atoms with Crippen molar-refractivity contribution in [2.24, 2.45) is 0 Å². The molecule has 1 fully saturated rings. The number of benzene rings is 1. The van der Waals surface area contributed by atoms with Crippen LogP contribution in [-0.2, 0) is 20.5 Å². The Morgan fingerprint density at radius 2 is 2.08 bits per heavy atom. The van der Waals surface area contributed by atoms with E-state index in [9.17, 15) is 32.9 Å². The van der Waals surface area contributed by atoms with Crippen molar-refractivity contribution >= 4 is 23.1 Å². The first-order valence-electron chi connectivity index (χ1n) is 7.50. The molecule has 0 bridgehead atoms. The highest BCUT2D eigenvalue weighted by Crippen LogP contribution is 2.34. The zero-order chi connectivity index (χ0) is 18.6. The zero-order valence-corrected chi connectivity index (χ0v) is 13.0. The molecular weight excluding hydrogens is 345 g/mol. The highest BCUT2D eigenvalue weighted by Gasteiger charge is 2.33. The average molecular weight is 360 g/mol. The highest BCUT2D eigenvalue weighted by molar-refractivity contribution is 5.87. The lowest BCUT2D eigenvalue weighted by atomic mass is 9.96. The van der Waals surface area contributed by atoms with Gasteiger partial charge in [0, 0.05) is 12.5 Å². The monoisotopic (exact) mass is 360 g/mol. The number of anilines is 1. The summed E-state index contributed by atoms with van der Waals surface area (Å²) in [5.41, 5.74) is -2.22. The van der Waals surface area contributed by atoms with Gasteiger partial charge >= 0.3 is 12.1 Å². The first kappa shape index (κ1) is 18.7. The summed E-state index contributed by atoms with van der Waals surface area (Å²) >= 11 is 0. The first-order valence-corrected chi connectivity index (χ1v) is 7.50. The van der Waals surface area contributed by atoms with Crippen molar-refractivity contribution < 1.29 is 32.4 Å². The van der Waals surface area contributed by atoms with E-state index >= 15 is 0 Å². The number of carbonyl (C=O) groups is 2. The summed E-state index contributed by atoms with van der Waals surface area (Å²) in [6.45, 7) is -0.504. The second kappa shape index (κ2) is 7.49. The van der Waals surface area contributed by atoms with E-state index in [0.717, 1.165) is 18.9 Å². The first-order chi connectivity index (χ1) is 11.7. The number of hydrogen-bond acceptors (Lipinski definition) is 6. The summed E-state index contributed by atoms with van der Waals surface area (Å²) in [5, 5.41) is 13.3. The SMILES string of the molecule is O=C(CNc1ccc(C(F)(F)F)cc1[N+](=O)[O-])O[C@@H]1CCCCC1=O. The number of nitrogens with one attached hydrogen (secondary N) is 1. The van der Waals surface area contributed by atoms with Crippen LogP contribution in [0, 0.1) is 10.1 Å². The smallest absolute Gasteiger partial charge is 0.416 e. The van der Waals surface area contributed by atoms with Crippen LogP contribution in [0.25, 0.3) is 0 Å². The molecule has 1 N–H and O–H groups in total. The van der Waals surface area contributed by atoms with Crippen molar-refractivity contribution in [3.8, 4) is 0 Å². The number of nitrogens with zero attached hydrogens (tertiary/aromatic N) is 1. The Morgan fingerprint density at radius 1 is 1.36 bits per heavy atom. The number of rotatable bonds is 5. The van der Waals surface area contributed by atoms with Crippen LogP contribution in [0.1, 0.15) is 31.2 Å². The van der Waals surface area contributed by atoms with Crippen LogP contribution in [0.4, 0.5) is 24.5 Å². The van der Waals surface area contributed by atoms with E-state index in [2.05, 4.69) is 5.32 Å². The Labute approximate surface area is 140 Å². The summed E-state index contributed by atoms with van der Waals surface area (Å²) in [5.74, 6) is -0.991. The number of halogens is 3. The fourth-order valence-corrected chi connectivity index (χ4v) is 2.45. The number of esters is 1. The van der Waals surface area contributed by atoms with E-state index in [1.54, 1.807) is 0 Å². The second-order valence-corrected chi connectivity index (χ2v) is 5.53. The van der Waals surface area contributed by atoms with Gasteiger partial charge in [-0.25, -0.2) is 0 Å². The maximum Gasteiger partial charge on any atom is 0.416 e. The maximum atomic E-state index is 12.6. The normalized spacial score (nSPS) is 17.9. The van der Waals surface area contributed by atoms with Crippen LogP contribution >= 0.6 is 0 Å². The van der Waals surface area contributed by atoms with Crippen molar-refractivity contribution in [1.82, 2.24) is 0 Å². The minimum Gasteiger partial charge on any atom is -0.453 e. The van der Waals surface area contributed by atoms with E-state index in [4.69, 9.17) is 4.74 Å². The molecule has 0 unspecified atom stereocenters. The van der Waals surface area contributed by atoms with Crippen molar-refractivity contribution in [2.45, 2.75) is 38.0 Å². The number of nitro groups is 1. The molecule has 25 heavy (non-hydrogen) atoms.